The van der Waals surface area contributed by atoms with Crippen molar-refractivity contribution in [3.8, 4) is 5.40 Å². The highest BCUT2D eigenvalue weighted by Gasteiger charge is 2.34. The van der Waals surface area contributed by atoms with E-state index in [0.29, 0.717) is 24.3 Å². The molecule has 0 N–H and O–H groups in total. The number of likely N-dealkylation sites (tertiary alicyclic amines) is 1. The van der Waals surface area contributed by atoms with E-state index in [9.17, 15) is 4.79 Å². The fourth-order valence-electron chi connectivity index (χ4n) is 1.82. The molecule has 0 saturated carbocycles. The Morgan fingerprint density at radius 2 is 2.23 bits per heavy atom. The first kappa shape index (κ1) is 10.4. The number of rotatable bonds is 3. The molecule has 0 aromatic heterocycles. The van der Waals surface area contributed by atoms with E-state index in [2.05, 4.69) is 13.8 Å². The van der Waals surface area contributed by atoms with Gasteiger partial charge >= 0.3 is 0 Å². The van der Waals surface area contributed by atoms with Crippen molar-refractivity contribution in [3.63, 3.8) is 0 Å². The van der Waals surface area contributed by atoms with E-state index in [0.717, 1.165) is 18.2 Å². The zero-order valence-corrected chi connectivity index (χ0v) is 8.80. The van der Waals surface area contributed by atoms with Crippen molar-refractivity contribution < 1.29 is 4.79 Å². The summed E-state index contributed by atoms with van der Waals surface area (Å²) in [4.78, 5) is 13.4. The lowest BCUT2D eigenvalue weighted by atomic mass is 9.95. The third-order valence-electron chi connectivity index (χ3n) is 2.40. The van der Waals surface area contributed by atoms with Crippen molar-refractivity contribution in [2.75, 3.05) is 5.75 Å². The lowest BCUT2D eigenvalue weighted by molar-refractivity contribution is -0.142. The molecule has 0 aliphatic carbocycles. The van der Waals surface area contributed by atoms with Gasteiger partial charge < -0.3 is 4.90 Å². The van der Waals surface area contributed by atoms with Crippen molar-refractivity contribution in [3.05, 3.63) is 0 Å². The molecule has 1 saturated heterocycles. The van der Waals surface area contributed by atoms with Crippen LogP contribution in [0.15, 0.2) is 0 Å². The molecule has 3 nitrogen and oxygen atoms in total. The molecule has 1 amide bonds. The van der Waals surface area contributed by atoms with E-state index in [1.165, 1.54) is 0 Å². The molecule has 1 fully saturated rings. The molecule has 1 aliphatic rings. The largest absolute Gasteiger partial charge is 0.337 e. The molecule has 1 rings (SSSR count). The first-order chi connectivity index (χ1) is 6.16. The summed E-state index contributed by atoms with van der Waals surface area (Å²) in [5.41, 5.74) is 0. The summed E-state index contributed by atoms with van der Waals surface area (Å²) in [6, 6.07) is 0.796. The maximum Gasteiger partial charge on any atom is 0.223 e. The van der Waals surface area contributed by atoms with Crippen LogP contribution >= 0.6 is 11.8 Å². The molecule has 2 atom stereocenters. The lowest BCUT2D eigenvalue weighted by Crippen LogP contribution is -2.55. The number of carbonyl (C=O) groups excluding carboxylic acids is 1. The first-order valence-electron chi connectivity index (χ1n) is 4.49. The maximum absolute atomic E-state index is 11.5. The van der Waals surface area contributed by atoms with Crippen molar-refractivity contribution >= 4 is 17.7 Å². The summed E-state index contributed by atoms with van der Waals surface area (Å²) in [6.45, 7) is 4.13. The molecular formula is C9H14N2OS. The summed E-state index contributed by atoms with van der Waals surface area (Å²) in [5.74, 6) is 0.805. The Bertz CT molecular complexity index is 228. The van der Waals surface area contributed by atoms with Gasteiger partial charge in [0.25, 0.3) is 0 Å². The Balaban J connectivity index is 2.27. The van der Waals surface area contributed by atoms with Gasteiger partial charge in [0.05, 0.1) is 0 Å². The smallest absolute Gasteiger partial charge is 0.223 e. The molecule has 1 aliphatic heterocycles. The summed E-state index contributed by atoms with van der Waals surface area (Å²) in [6.07, 6.45) is 1.60. The monoisotopic (exact) mass is 198 g/mol. The molecule has 0 spiro atoms. The van der Waals surface area contributed by atoms with Crippen molar-refractivity contribution in [1.29, 1.82) is 5.26 Å². The third-order valence-corrected chi connectivity index (χ3v) is 2.94. The maximum atomic E-state index is 11.5. The molecule has 0 radical (unpaired) electrons. The zero-order valence-electron chi connectivity index (χ0n) is 7.99. The second-order valence-electron chi connectivity index (χ2n) is 3.42. The van der Waals surface area contributed by atoms with Gasteiger partial charge in [-0.25, -0.2) is 0 Å². The van der Waals surface area contributed by atoms with Crippen LogP contribution in [0.1, 0.15) is 26.7 Å². The number of carbonyl (C=O) groups is 1. The van der Waals surface area contributed by atoms with Crippen LogP contribution in [0, 0.1) is 10.7 Å². The minimum Gasteiger partial charge on any atom is -0.337 e. The minimum absolute atomic E-state index is 0.189. The van der Waals surface area contributed by atoms with Crippen LogP contribution in [0.25, 0.3) is 0 Å². The zero-order chi connectivity index (χ0) is 9.84. The highest BCUT2D eigenvalue weighted by Crippen LogP contribution is 2.25. The van der Waals surface area contributed by atoms with E-state index in [1.807, 2.05) is 10.3 Å². The van der Waals surface area contributed by atoms with Gasteiger partial charge in [-0.05, 0) is 32.0 Å². The minimum atomic E-state index is 0.189. The van der Waals surface area contributed by atoms with Crippen molar-refractivity contribution in [2.45, 2.75) is 38.8 Å². The van der Waals surface area contributed by atoms with E-state index in [-0.39, 0.29) is 5.91 Å². The van der Waals surface area contributed by atoms with Crippen LogP contribution in [-0.4, -0.2) is 28.6 Å². The Hall–Kier alpha value is -0.690. The average molecular weight is 198 g/mol. The Kier molecular flexibility index (Phi) is 3.61. The molecule has 72 valence electrons. The molecule has 1 heterocycles. The van der Waals surface area contributed by atoms with E-state index < -0.39 is 0 Å². The number of thioether (sulfide) groups is 1. The van der Waals surface area contributed by atoms with Crippen LogP contribution in [0.2, 0.25) is 0 Å². The molecular weight excluding hydrogens is 184 g/mol. The topological polar surface area (TPSA) is 44.1 Å². The van der Waals surface area contributed by atoms with Gasteiger partial charge in [-0.3, -0.25) is 4.79 Å². The van der Waals surface area contributed by atoms with Gasteiger partial charge in [0.2, 0.25) is 5.91 Å². The molecule has 13 heavy (non-hydrogen) atoms. The van der Waals surface area contributed by atoms with Gasteiger partial charge in [0, 0.05) is 24.3 Å². The van der Waals surface area contributed by atoms with Gasteiger partial charge in [-0.2, -0.15) is 5.26 Å². The third kappa shape index (κ3) is 2.38. The second-order valence-corrected chi connectivity index (χ2v) is 4.30. The Labute approximate surface area is 83.1 Å². The predicted molar refractivity (Wildman–Crippen MR) is 53.1 cm³/mol. The molecule has 2 unspecified atom stereocenters. The summed E-state index contributed by atoms with van der Waals surface area (Å²) in [7, 11) is 0. The van der Waals surface area contributed by atoms with Gasteiger partial charge in [-0.1, -0.05) is 0 Å². The SMILES string of the molecule is CC1CC(C)N1C(=O)CCSC#N. The quantitative estimate of drug-likeness (QED) is 0.511. The summed E-state index contributed by atoms with van der Waals surface area (Å²) >= 11 is 1.15. The summed E-state index contributed by atoms with van der Waals surface area (Å²) < 4.78 is 0. The van der Waals surface area contributed by atoms with Crippen LogP contribution < -0.4 is 0 Å². The fourth-order valence-corrected chi connectivity index (χ4v) is 2.19. The van der Waals surface area contributed by atoms with Crippen molar-refractivity contribution in [2.24, 2.45) is 0 Å². The van der Waals surface area contributed by atoms with Crippen LogP contribution in [0.5, 0.6) is 0 Å². The first-order valence-corrected chi connectivity index (χ1v) is 5.47. The number of nitrogens with zero attached hydrogens (tertiary/aromatic N) is 2. The van der Waals surface area contributed by atoms with Crippen LogP contribution in [0.4, 0.5) is 0 Å². The van der Waals surface area contributed by atoms with E-state index in [1.54, 1.807) is 0 Å². The van der Waals surface area contributed by atoms with Crippen molar-refractivity contribution in [1.82, 2.24) is 4.90 Å². The van der Waals surface area contributed by atoms with Crippen LogP contribution in [-0.2, 0) is 4.79 Å². The molecule has 0 aromatic carbocycles. The molecule has 0 bridgehead atoms. The average Bonchev–Trinajstić information content (AvgIpc) is 2.04. The Morgan fingerprint density at radius 3 is 2.69 bits per heavy atom. The number of amides is 1. The highest BCUT2D eigenvalue weighted by molar-refractivity contribution is 8.03. The van der Waals surface area contributed by atoms with Gasteiger partial charge in [0.15, 0.2) is 0 Å². The van der Waals surface area contributed by atoms with Crippen LogP contribution in [0.3, 0.4) is 0 Å². The second kappa shape index (κ2) is 4.52. The lowest BCUT2D eigenvalue weighted by Gasteiger charge is -2.45. The summed E-state index contributed by atoms with van der Waals surface area (Å²) in [5, 5.41) is 10.2. The normalized spacial score (nSPS) is 26.4. The number of nitriles is 1. The standard InChI is InChI=1S/C9H14N2OS/c1-7-5-8(2)11(7)9(12)3-4-13-6-10/h7-8H,3-5H2,1-2H3. The van der Waals surface area contributed by atoms with E-state index in [4.69, 9.17) is 5.26 Å². The highest BCUT2D eigenvalue weighted by atomic mass is 32.2. The Morgan fingerprint density at radius 1 is 1.62 bits per heavy atom. The molecule has 0 aromatic rings. The number of hydrogen-bond acceptors (Lipinski definition) is 3. The fraction of sp³-hybridized carbons (Fsp3) is 0.778. The van der Waals surface area contributed by atoms with Gasteiger partial charge in [0.1, 0.15) is 5.40 Å². The van der Waals surface area contributed by atoms with E-state index >= 15 is 0 Å². The van der Waals surface area contributed by atoms with Gasteiger partial charge in [-0.15, -0.1) is 0 Å². The number of thiocyanates is 1. The molecule has 4 heteroatoms. The number of hydrogen-bond donors (Lipinski definition) is 0. The predicted octanol–water partition coefficient (Wildman–Crippen LogP) is 1.60.